The van der Waals surface area contributed by atoms with Gasteiger partial charge in [-0.05, 0) is 37.5 Å². The molecule has 0 aliphatic heterocycles. The fraction of sp³-hybridized carbons (Fsp3) is 0.412. The minimum atomic E-state index is -0.803. The first kappa shape index (κ1) is 19.2. The van der Waals surface area contributed by atoms with Crippen LogP contribution in [0.2, 0.25) is 0 Å². The van der Waals surface area contributed by atoms with Crippen LogP contribution in [0.5, 0.6) is 0 Å². The third-order valence-electron chi connectivity index (χ3n) is 3.37. The summed E-state index contributed by atoms with van der Waals surface area (Å²) < 4.78 is 9.31. The van der Waals surface area contributed by atoms with E-state index in [1.807, 2.05) is 6.07 Å². The molecule has 1 aromatic carbocycles. The van der Waals surface area contributed by atoms with Crippen LogP contribution in [-0.4, -0.2) is 38.1 Å². The number of nitrogens with one attached hydrogen (secondary N) is 1. The molecule has 0 bridgehead atoms. The van der Waals surface area contributed by atoms with Crippen molar-refractivity contribution in [1.29, 1.82) is 5.26 Å². The van der Waals surface area contributed by atoms with Crippen molar-refractivity contribution >= 4 is 17.8 Å². The molecule has 128 valence electrons. The highest BCUT2D eigenvalue weighted by Crippen LogP contribution is 2.09. The maximum Gasteiger partial charge on any atom is 0.337 e. The number of carbonyl (C=O) groups is 3. The van der Waals surface area contributed by atoms with Crippen molar-refractivity contribution in [2.75, 3.05) is 14.2 Å². The molecule has 0 spiro atoms. The molecule has 0 saturated heterocycles. The molecule has 0 saturated carbocycles. The lowest BCUT2D eigenvalue weighted by Gasteiger charge is -2.16. The molecule has 1 N–H and O–H groups in total. The van der Waals surface area contributed by atoms with Gasteiger partial charge < -0.3 is 14.8 Å². The number of carbonyl (C=O) groups excluding carboxylic acids is 3. The quantitative estimate of drug-likeness (QED) is 0.575. The van der Waals surface area contributed by atoms with Gasteiger partial charge in [0.2, 0.25) is 0 Å². The standard InChI is InChI=1S/C17H20N2O5/c1-23-16(21)13-8-6-7-12(11-13)15(20)19-14(17(22)24-2)9-4-3-5-10-18/h6-8,11,14H,3-5,9H2,1-2H3,(H,19,20)/t14-/m0/s1. The van der Waals surface area contributed by atoms with E-state index in [9.17, 15) is 14.4 Å². The first-order chi connectivity index (χ1) is 11.5. The van der Waals surface area contributed by atoms with Crippen molar-refractivity contribution < 1.29 is 23.9 Å². The summed E-state index contributed by atoms with van der Waals surface area (Å²) in [6.45, 7) is 0. The number of benzene rings is 1. The normalized spacial score (nSPS) is 11.0. The van der Waals surface area contributed by atoms with Crippen molar-refractivity contribution in [2.45, 2.75) is 31.7 Å². The molecule has 1 rings (SSSR count). The van der Waals surface area contributed by atoms with Gasteiger partial charge in [-0.2, -0.15) is 5.26 Å². The lowest BCUT2D eigenvalue weighted by molar-refractivity contribution is -0.143. The molecule has 0 aliphatic rings. The summed E-state index contributed by atoms with van der Waals surface area (Å²) in [4.78, 5) is 35.6. The number of nitrogens with zero attached hydrogens (tertiary/aromatic N) is 1. The molecule has 1 aromatic rings. The lowest BCUT2D eigenvalue weighted by Crippen LogP contribution is -2.41. The largest absolute Gasteiger partial charge is 0.467 e. The number of hydrogen-bond donors (Lipinski definition) is 1. The van der Waals surface area contributed by atoms with Crippen LogP contribution in [0, 0.1) is 11.3 Å². The highest BCUT2D eigenvalue weighted by molar-refractivity contribution is 5.99. The molecule has 24 heavy (non-hydrogen) atoms. The van der Waals surface area contributed by atoms with E-state index in [2.05, 4.69) is 10.1 Å². The SMILES string of the molecule is COC(=O)c1cccc(C(=O)N[C@@H](CCCCC#N)C(=O)OC)c1. The van der Waals surface area contributed by atoms with Crippen LogP contribution in [0.15, 0.2) is 24.3 Å². The number of methoxy groups -OCH3 is 2. The van der Waals surface area contributed by atoms with E-state index in [-0.39, 0.29) is 11.1 Å². The van der Waals surface area contributed by atoms with E-state index < -0.39 is 23.9 Å². The summed E-state index contributed by atoms with van der Waals surface area (Å²) in [7, 11) is 2.50. The molecular formula is C17H20N2O5. The van der Waals surface area contributed by atoms with E-state index in [4.69, 9.17) is 10.00 Å². The van der Waals surface area contributed by atoms with Gasteiger partial charge in [0.05, 0.1) is 25.9 Å². The molecule has 7 heteroatoms. The minimum Gasteiger partial charge on any atom is -0.467 e. The van der Waals surface area contributed by atoms with Gasteiger partial charge in [0.15, 0.2) is 0 Å². The maximum absolute atomic E-state index is 12.3. The van der Waals surface area contributed by atoms with Crippen molar-refractivity contribution in [3.05, 3.63) is 35.4 Å². The predicted molar refractivity (Wildman–Crippen MR) is 85.1 cm³/mol. The predicted octanol–water partition coefficient (Wildman–Crippen LogP) is 1.83. The van der Waals surface area contributed by atoms with Crippen molar-refractivity contribution in [2.24, 2.45) is 0 Å². The van der Waals surface area contributed by atoms with Gasteiger partial charge in [-0.1, -0.05) is 6.07 Å². The van der Waals surface area contributed by atoms with E-state index in [0.29, 0.717) is 25.7 Å². The Morgan fingerprint density at radius 1 is 1.17 bits per heavy atom. The Labute approximate surface area is 140 Å². The van der Waals surface area contributed by atoms with E-state index >= 15 is 0 Å². The highest BCUT2D eigenvalue weighted by Gasteiger charge is 2.22. The van der Waals surface area contributed by atoms with Gasteiger partial charge in [-0.15, -0.1) is 0 Å². The molecule has 0 aromatic heterocycles. The Morgan fingerprint density at radius 2 is 1.88 bits per heavy atom. The van der Waals surface area contributed by atoms with Gasteiger partial charge in [0, 0.05) is 12.0 Å². The van der Waals surface area contributed by atoms with Gasteiger partial charge in [0.1, 0.15) is 6.04 Å². The lowest BCUT2D eigenvalue weighted by atomic mass is 10.1. The van der Waals surface area contributed by atoms with Crippen LogP contribution in [0.4, 0.5) is 0 Å². The molecule has 0 unspecified atom stereocenters. The van der Waals surface area contributed by atoms with Crippen LogP contribution in [-0.2, 0) is 14.3 Å². The smallest absolute Gasteiger partial charge is 0.337 e. The molecule has 0 aliphatic carbocycles. The summed E-state index contributed by atoms with van der Waals surface area (Å²) in [5.41, 5.74) is 0.484. The van der Waals surface area contributed by atoms with Gasteiger partial charge in [-0.25, -0.2) is 9.59 Å². The Morgan fingerprint density at radius 3 is 2.50 bits per heavy atom. The van der Waals surface area contributed by atoms with Gasteiger partial charge >= 0.3 is 11.9 Å². The van der Waals surface area contributed by atoms with E-state index in [1.165, 1.54) is 32.4 Å². The van der Waals surface area contributed by atoms with E-state index in [1.54, 1.807) is 6.07 Å². The zero-order chi connectivity index (χ0) is 17.9. The maximum atomic E-state index is 12.3. The fourth-order valence-electron chi connectivity index (χ4n) is 2.09. The van der Waals surface area contributed by atoms with Crippen LogP contribution < -0.4 is 5.32 Å². The minimum absolute atomic E-state index is 0.240. The summed E-state index contributed by atoms with van der Waals surface area (Å²) in [6.07, 6.45) is 2.01. The number of nitriles is 1. The van der Waals surface area contributed by atoms with E-state index in [0.717, 1.165) is 0 Å². The molecule has 1 atom stereocenters. The monoisotopic (exact) mass is 332 g/mol. The molecular weight excluding hydrogens is 312 g/mol. The summed E-state index contributed by atoms with van der Waals surface area (Å²) in [5.74, 6) is -1.59. The topological polar surface area (TPSA) is 105 Å². The average Bonchev–Trinajstić information content (AvgIpc) is 2.62. The highest BCUT2D eigenvalue weighted by atomic mass is 16.5. The first-order valence-electron chi connectivity index (χ1n) is 7.47. The van der Waals surface area contributed by atoms with Crippen LogP contribution in [0.25, 0.3) is 0 Å². The Kier molecular flexibility index (Phi) is 7.99. The Hall–Kier alpha value is -2.88. The second-order valence-corrected chi connectivity index (χ2v) is 5.03. The summed E-state index contributed by atoms with van der Waals surface area (Å²) >= 11 is 0. The molecule has 0 radical (unpaired) electrons. The number of unbranched alkanes of at least 4 members (excludes halogenated alkanes) is 2. The summed E-state index contributed by atoms with van der Waals surface area (Å²) in [6, 6.07) is 7.24. The van der Waals surface area contributed by atoms with Gasteiger partial charge in [-0.3, -0.25) is 4.79 Å². The van der Waals surface area contributed by atoms with Crippen LogP contribution >= 0.6 is 0 Å². The zero-order valence-corrected chi connectivity index (χ0v) is 13.7. The third-order valence-corrected chi connectivity index (χ3v) is 3.37. The summed E-state index contributed by atoms with van der Waals surface area (Å²) in [5, 5.41) is 11.1. The number of esters is 2. The van der Waals surface area contributed by atoms with Crippen molar-refractivity contribution in [3.8, 4) is 6.07 Å². The number of ether oxygens (including phenoxy) is 2. The molecule has 1 amide bonds. The molecule has 7 nitrogen and oxygen atoms in total. The Balaban J connectivity index is 2.78. The van der Waals surface area contributed by atoms with Gasteiger partial charge in [0.25, 0.3) is 5.91 Å². The second-order valence-electron chi connectivity index (χ2n) is 5.03. The van der Waals surface area contributed by atoms with Crippen molar-refractivity contribution in [3.63, 3.8) is 0 Å². The van der Waals surface area contributed by atoms with Crippen LogP contribution in [0.1, 0.15) is 46.4 Å². The number of rotatable bonds is 8. The molecule has 0 fully saturated rings. The fourth-order valence-corrected chi connectivity index (χ4v) is 2.09. The van der Waals surface area contributed by atoms with Crippen LogP contribution in [0.3, 0.4) is 0 Å². The number of amides is 1. The number of hydrogen-bond acceptors (Lipinski definition) is 6. The molecule has 0 heterocycles. The zero-order valence-electron chi connectivity index (χ0n) is 13.7. The second kappa shape index (κ2) is 10.0. The Bertz CT molecular complexity index is 636. The average molecular weight is 332 g/mol. The van der Waals surface area contributed by atoms with Crippen molar-refractivity contribution in [1.82, 2.24) is 5.32 Å². The first-order valence-corrected chi connectivity index (χ1v) is 7.47. The third kappa shape index (κ3) is 5.72.